The van der Waals surface area contributed by atoms with E-state index in [0.717, 1.165) is 5.56 Å². The van der Waals surface area contributed by atoms with Crippen LogP contribution in [0.3, 0.4) is 0 Å². The number of benzene rings is 1. The van der Waals surface area contributed by atoms with Crippen LogP contribution in [0.5, 0.6) is 0 Å². The second-order valence-corrected chi connectivity index (χ2v) is 7.96. The predicted molar refractivity (Wildman–Crippen MR) is 111 cm³/mol. The molecule has 10 heteroatoms. The molecule has 1 atom stereocenters. The lowest BCUT2D eigenvalue weighted by Crippen LogP contribution is -2.06. The SMILES string of the molecule is CCn1c(SC(C)c2noc(-c3cccc(Cl)c3)n2)nnc1-c1cc[nH]c(=O)c1. The Morgan fingerprint density at radius 3 is 2.86 bits per heavy atom. The highest BCUT2D eigenvalue weighted by atomic mass is 35.5. The van der Waals surface area contributed by atoms with Crippen LogP contribution >= 0.6 is 23.4 Å². The van der Waals surface area contributed by atoms with Crippen molar-refractivity contribution in [3.05, 3.63) is 63.8 Å². The average molecular weight is 429 g/mol. The summed E-state index contributed by atoms with van der Waals surface area (Å²) in [5.74, 6) is 1.60. The first-order chi connectivity index (χ1) is 14.0. The van der Waals surface area contributed by atoms with Gasteiger partial charge in [-0.1, -0.05) is 34.6 Å². The van der Waals surface area contributed by atoms with Crippen LogP contribution < -0.4 is 5.56 Å². The zero-order valence-electron chi connectivity index (χ0n) is 15.7. The van der Waals surface area contributed by atoms with Crippen molar-refractivity contribution in [2.45, 2.75) is 30.8 Å². The highest BCUT2D eigenvalue weighted by molar-refractivity contribution is 7.99. The Kier molecular flexibility index (Phi) is 5.50. The maximum absolute atomic E-state index is 11.6. The van der Waals surface area contributed by atoms with Crippen LogP contribution in [0.2, 0.25) is 5.02 Å². The number of nitrogens with one attached hydrogen (secondary N) is 1. The summed E-state index contributed by atoms with van der Waals surface area (Å²) in [6.07, 6.45) is 1.60. The Balaban J connectivity index is 1.58. The lowest BCUT2D eigenvalue weighted by Gasteiger charge is -2.09. The molecule has 3 heterocycles. The number of thioether (sulfide) groups is 1. The minimum Gasteiger partial charge on any atom is -0.334 e. The molecule has 0 fully saturated rings. The third kappa shape index (κ3) is 4.10. The van der Waals surface area contributed by atoms with Crippen molar-refractivity contribution in [3.8, 4) is 22.8 Å². The number of pyridine rings is 1. The van der Waals surface area contributed by atoms with E-state index < -0.39 is 0 Å². The van der Waals surface area contributed by atoms with Gasteiger partial charge in [0.05, 0.1) is 5.25 Å². The van der Waals surface area contributed by atoms with Gasteiger partial charge in [0, 0.05) is 35.0 Å². The van der Waals surface area contributed by atoms with Crippen molar-refractivity contribution in [2.75, 3.05) is 0 Å². The van der Waals surface area contributed by atoms with Crippen molar-refractivity contribution in [3.63, 3.8) is 0 Å². The van der Waals surface area contributed by atoms with Crippen LogP contribution in [0.4, 0.5) is 0 Å². The van der Waals surface area contributed by atoms with E-state index in [4.69, 9.17) is 16.1 Å². The standard InChI is InChI=1S/C19H17ClN6O2S/c1-3-26-17(12-7-8-21-15(27)10-12)23-24-19(26)29-11(2)16-22-18(28-25-16)13-5-4-6-14(20)9-13/h4-11H,3H2,1-2H3,(H,21,27). The van der Waals surface area contributed by atoms with Gasteiger partial charge >= 0.3 is 0 Å². The summed E-state index contributed by atoms with van der Waals surface area (Å²) < 4.78 is 7.35. The third-order valence-corrected chi connectivity index (χ3v) is 5.54. The van der Waals surface area contributed by atoms with Gasteiger partial charge in [-0.2, -0.15) is 4.98 Å². The van der Waals surface area contributed by atoms with Gasteiger partial charge in [0.1, 0.15) is 0 Å². The fraction of sp³-hybridized carbons (Fsp3) is 0.211. The Labute approximate surface area is 175 Å². The molecule has 1 aromatic carbocycles. The summed E-state index contributed by atoms with van der Waals surface area (Å²) in [7, 11) is 0. The van der Waals surface area contributed by atoms with Gasteiger partial charge in [-0.25, -0.2) is 0 Å². The summed E-state index contributed by atoms with van der Waals surface area (Å²) in [6, 6.07) is 10.6. The summed E-state index contributed by atoms with van der Waals surface area (Å²) in [6.45, 7) is 4.63. The van der Waals surface area contributed by atoms with Crippen molar-refractivity contribution in [1.82, 2.24) is 29.9 Å². The molecule has 4 aromatic rings. The number of H-pyrrole nitrogens is 1. The fourth-order valence-corrected chi connectivity index (χ4v) is 3.95. The Morgan fingerprint density at radius 2 is 2.10 bits per heavy atom. The second kappa shape index (κ2) is 8.22. The lowest BCUT2D eigenvalue weighted by molar-refractivity contribution is 0.423. The Morgan fingerprint density at radius 1 is 1.24 bits per heavy atom. The van der Waals surface area contributed by atoms with Crippen LogP contribution in [0.25, 0.3) is 22.8 Å². The molecule has 0 amide bonds. The van der Waals surface area contributed by atoms with Crippen LogP contribution in [0, 0.1) is 0 Å². The topological polar surface area (TPSA) is 102 Å². The molecule has 29 heavy (non-hydrogen) atoms. The van der Waals surface area contributed by atoms with Gasteiger partial charge in [-0.05, 0) is 38.1 Å². The maximum Gasteiger partial charge on any atom is 0.258 e. The molecule has 0 saturated heterocycles. The number of aromatic amines is 1. The van der Waals surface area contributed by atoms with E-state index in [2.05, 4.69) is 25.3 Å². The van der Waals surface area contributed by atoms with Crippen LogP contribution in [0.1, 0.15) is 24.9 Å². The molecule has 1 N–H and O–H groups in total. The Hall–Kier alpha value is -2.91. The van der Waals surface area contributed by atoms with Crippen LogP contribution in [-0.4, -0.2) is 29.9 Å². The first-order valence-electron chi connectivity index (χ1n) is 8.93. The van der Waals surface area contributed by atoms with Crippen molar-refractivity contribution in [1.29, 1.82) is 0 Å². The summed E-state index contributed by atoms with van der Waals surface area (Å²) >= 11 is 7.51. The van der Waals surface area contributed by atoms with Crippen molar-refractivity contribution >= 4 is 23.4 Å². The van der Waals surface area contributed by atoms with Gasteiger partial charge in [0.2, 0.25) is 5.56 Å². The molecule has 0 aliphatic carbocycles. The fourth-order valence-electron chi connectivity index (χ4n) is 2.81. The summed E-state index contributed by atoms with van der Waals surface area (Å²) in [5.41, 5.74) is 1.29. The van der Waals surface area contributed by atoms with Crippen molar-refractivity contribution in [2.24, 2.45) is 0 Å². The maximum atomic E-state index is 11.6. The normalized spacial score (nSPS) is 12.2. The van der Waals surface area contributed by atoms with E-state index in [1.54, 1.807) is 24.4 Å². The average Bonchev–Trinajstić information content (AvgIpc) is 3.35. The molecular formula is C19H17ClN6O2S. The molecule has 0 aliphatic rings. The number of nitrogens with zero attached hydrogens (tertiary/aromatic N) is 5. The molecule has 4 rings (SSSR count). The zero-order chi connectivity index (χ0) is 20.4. The molecule has 0 spiro atoms. The van der Waals surface area contributed by atoms with E-state index >= 15 is 0 Å². The molecule has 0 aliphatic heterocycles. The molecule has 3 aromatic heterocycles. The Bertz CT molecular complexity index is 1200. The van der Waals surface area contributed by atoms with E-state index in [-0.39, 0.29) is 10.8 Å². The van der Waals surface area contributed by atoms with Crippen LogP contribution in [-0.2, 0) is 6.54 Å². The van der Waals surface area contributed by atoms with E-state index in [1.165, 1.54) is 17.8 Å². The minimum absolute atomic E-state index is 0.117. The summed E-state index contributed by atoms with van der Waals surface area (Å²) in [4.78, 5) is 18.7. The third-order valence-electron chi connectivity index (χ3n) is 4.23. The monoisotopic (exact) mass is 428 g/mol. The first kappa shape index (κ1) is 19.4. The molecule has 0 bridgehead atoms. The zero-order valence-corrected chi connectivity index (χ0v) is 17.2. The molecule has 8 nitrogen and oxygen atoms in total. The quantitative estimate of drug-likeness (QED) is 0.459. The van der Waals surface area contributed by atoms with Gasteiger partial charge in [0.25, 0.3) is 5.89 Å². The van der Waals surface area contributed by atoms with Gasteiger partial charge in [-0.15, -0.1) is 10.2 Å². The van der Waals surface area contributed by atoms with E-state index in [9.17, 15) is 4.79 Å². The van der Waals surface area contributed by atoms with Gasteiger partial charge in [0.15, 0.2) is 16.8 Å². The number of halogens is 1. The number of hydrogen-bond donors (Lipinski definition) is 1. The number of rotatable bonds is 6. The van der Waals surface area contributed by atoms with E-state index in [0.29, 0.717) is 39.8 Å². The van der Waals surface area contributed by atoms with Gasteiger partial charge in [-0.3, -0.25) is 4.79 Å². The van der Waals surface area contributed by atoms with Crippen molar-refractivity contribution < 1.29 is 4.52 Å². The summed E-state index contributed by atoms with van der Waals surface area (Å²) in [5, 5.41) is 13.9. The highest BCUT2D eigenvalue weighted by Gasteiger charge is 2.21. The molecular weight excluding hydrogens is 412 g/mol. The molecule has 0 saturated carbocycles. The minimum atomic E-state index is -0.184. The van der Waals surface area contributed by atoms with Crippen LogP contribution in [0.15, 0.2) is 57.1 Å². The molecule has 1 unspecified atom stereocenters. The smallest absolute Gasteiger partial charge is 0.258 e. The predicted octanol–water partition coefficient (Wildman–Crippen LogP) is 4.21. The molecule has 0 radical (unpaired) electrons. The first-order valence-corrected chi connectivity index (χ1v) is 10.2. The second-order valence-electron chi connectivity index (χ2n) is 6.22. The number of hydrogen-bond acceptors (Lipinski definition) is 7. The highest BCUT2D eigenvalue weighted by Crippen LogP contribution is 2.35. The number of aromatic nitrogens is 6. The largest absolute Gasteiger partial charge is 0.334 e. The van der Waals surface area contributed by atoms with Gasteiger partial charge < -0.3 is 14.1 Å². The van der Waals surface area contributed by atoms with E-state index in [1.807, 2.05) is 30.5 Å². The lowest BCUT2D eigenvalue weighted by atomic mass is 10.2. The molecule has 148 valence electrons.